The standard InChI is InChI=1S/C29H27N5O3S2/c1-18(2)21-12-13-26-25(15-21)27(32-34(29(30)38)23-8-5-9-24(16-23)39(31,36)37)28(35)33(26)17-19-10-11-20-6-3-4-7-22(20)14-19/h3-16,18H,17H2,1-2H3,(H2,30,38)(H2,31,36,37)/b32-27-. The maximum absolute atomic E-state index is 13.9. The van der Waals surface area contributed by atoms with Crippen molar-refractivity contribution in [1.82, 2.24) is 0 Å². The van der Waals surface area contributed by atoms with Gasteiger partial charge < -0.3 is 10.6 Å². The molecule has 0 unspecified atom stereocenters. The Morgan fingerprint density at radius 1 is 0.974 bits per heavy atom. The van der Waals surface area contributed by atoms with Gasteiger partial charge in [-0.05, 0) is 76.4 Å². The fourth-order valence-corrected chi connectivity index (χ4v) is 5.29. The van der Waals surface area contributed by atoms with Crippen LogP contribution < -0.4 is 20.8 Å². The molecule has 4 N–H and O–H groups in total. The van der Waals surface area contributed by atoms with E-state index < -0.39 is 10.0 Å². The Morgan fingerprint density at radius 3 is 2.41 bits per heavy atom. The van der Waals surface area contributed by atoms with E-state index >= 15 is 0 Å². The summed E-state index contributed by atoms with van der Waals surface area (Å²) in [6, 6.07) is 25.8. The second kappa shape index (κ2) is 10.2. The summed E-state index contributed by atoms with van der Waals surface area (Å²) in [6.07, 6.45) is 0. The minimum atomic E-state index is -3.98. The van der Waals surface area contributed by atoms with Crippen molar-refractivity contribution in [2.24, 2.45) is 16.0 Å². The molecule has 198 valence electrons. The van der Waals surface area contributed by atoms with Crippen molar-refractivity contribution in [1.29, 1.82) is 0 Å². The Morgan fingerprint density at radius 2 is 1.72 bits per heavy atom. The third-order valence-corrected chi connectivity index (χ3v) is 7.72. The molecule has 8 nitrogen and oxygen atoms in total. The molecule has 0 spiro atoms. The highest BCUT2D eigenvalue weighted by molar-refractivity contribution is 7.89. The van der Waals surface area contributed by atoms with Crippen molar-refractivity contribution in [3.05, 3.63) is 102 Å². The van der Waals surface area contributed by atoms with E-state index in [9.17, 15) is 13.2 Å². The van der Waals surface area contributed by atoms with Crippen LogP contribution in [0.25, 0.3) is 10.8 Å². The van der Waals surface area contributed by atoms with Gasteiger partial charge in [0.05, 0.1) is 22.8 Å². The van der Waals surface area contributed by atoms with Crippen molar-refractivity contribution in [3.8, 4) is 0 Å². The Bertz CT molecular complexity index is 1770. The van der Waals surface area contributed by atoms with Crippen molar-refractivity contribution < 1.29 is 13.2 Å². The molecule has 10 heteroatoms. The Kier molecular flexibility index (Phi) is 6.94. The molecule has 5 rings (SSSR count). The molecule has 0 saturated carbocycles. The van der Waals surface area contributed by atoms with Gasteiger partial charge >= 0.3 is 0 Å². The highest BCUT2D eigenvalue weighted by Crippen LogP contribution is 2.34. The number of fused-ring (bicyclic) bond motifs is 2. The number of carbonyl (C=O) groups is 1. The van der Waals surface area contributed by atoms with Crippen LogP contribution in [-0.4, -0.2) is 25.1 Å². The number of amides is 1. The minimum absolute atomic E-state index is 0.125. The van der Waals surface area contributed by atoms with Crippen LogP contribution in [-0.2, 0) is 21.4 Å². The highest BCUT2D eigenvalue weighted by atomic mass is 32.2. The molecule has 0 aliphatic carbocycles. The van der Waals surface area contributed by atoms with E-state index in [4.69, 9.17) is 23.1 Å². The zero-order valence-corrected chi connectivity index (χ0v) is 23.0. The van der Waals surface area contributed by atoms with Gasteiger partial charge in [-0.25, -0.2) is 18.6 Å². The lowest BCUT2D eigenvalue weighted by molar-refractivity contribution is -0.112. The number of rotatable bonds is 6. The maximum Gasteiger partial charge on any atom is 0.279 e. The fraction of sp³-hybridized carbons (Fsp3) is 0.138. The minimum Gasteiger partial charge on any atom is -0.374 e. The third kappa shape index (κ3) is 5.26. The van der Waals surface area contributed by atoms with E-state index in [0.29, 0.717) is 12.1 Å². The fourth-order valence-electron chi connectivity index (χ4n) is 4.59. The maximum atomic E-state index is 13.9. The van der Waals surface area contributed by atoms with Crippen molar-refractivity contribution >= 4 is 61.1 Å². The Labute approximate surface area is 232 Å². The number of hydrogen-bond donors (Lipinski definition) is 2. The molecule has 4 aromatic rings. The van der Waals surface area contributed by atoms with Gasteiger partial charge in [-0.15, -0.1) is 0 Å². The molecule has 39 heavy (non-hydrogen) atoms. The summed E-state index contributed by atoms with van der Waals surface area (Å²) in [6.45, 7) is 4.48. The van der Waals surface area contributed by atoms with Crippen LogP contribution >= 0.6 is 12.2 Å². The molecule has 0 fully saturated rings. The van der Waals surface area contributed by atoms with Crippen molar-refractivity contribution in [2.75, 3.05) is 9.91 Å². The quantitative estimate of drug-likeness (QED) is 0.264. The van der Waals surface area contributed by atoms with E-state index in [1.165, 1.54) is 23.2 Å². The van der Waals surface area contributed by atoms with Gasteiger partial charge in [0.1, 0.15) is 0 Å². The van der Waals surface area contributed by atoms with Gasteiger partial charge in [0.25, 0.3) is 5.91 Å². The number of nitrogens with two attached hydrogens (primary N) is 2. The number of carbonyl (C=O) groups excluding carboxylic acids is 1. The first-order valence-electron chi connectivity index (χ1n) is 12.3. The molecule has 0 radical (unpaired) electrons. The lowest BCUT2D eigenvalue weighted by Crippen LogP contribution is -2.35. The van der Waals surface area contributed by atoms with Gasteiger partial charge in [0.15, 0.2) is 10.8 Å². The monoisotopic (exact) mass is 557 g/mol. The number of thiocarbonyl (C=S) groups is 1. The van der Waals surface area contributed by atoms with E-state index in [1.54, 1.807) is 11.0 Å². The van der Waals surface area contributed by atoms with Crippen LogP contribution in [0.5, 0.6) is 0 Å². The van der Waals surface area contributed by atoms with Gasteiger partial charge in [0, 0.05) is 5.56 Å². The predicted octanol–water partition coefficient (Wildman–Crippen LogP) is 4.61. The number of sulfonamides is 1. The van der Waals surface area contributed by atoms with Crippen LogP contribution in [0.4, 0.5) is 11.4 Å². The van der Waals surface area contributed by atoms with Gasteiger partial charge in [-0.2, -0.15) is 5.10 Å². The average molecular weight is 558 g/mol. The predicted molar refractivity (Wildman–Crippen MR) is 159 cm³/mol. The van der Waals surface area contributed by atoms with Gasteiger partial charge in [-0.1, -0.05) is 62.4 Å². The summed E-state index contributed by atoms with van der Waals surface area (Å²) in [5, 5.41) is 13.1. The molecule has 4 aromatic carbocycles. The second-order valence-corrected chi connectivity index (χ2v) is 11.6. The van der Waals surface area contributed by atoms with E-state index in [-0.39, 0.29) is 33.2 Å². The third-order valence-electron chi connectivity index (χ3n) is 6.63. The Hall–Kier alpha value is -4.12. The molecule has 1 amide bonds. The van der Waals surface area contributed by atoms with E-state index in [2.05, 4.69) is 25.0 Å². The highest BCUT2D eigenvalue weighted by Gasteiger charge is 2.35. The Balaban J connectivity index is 1.61. The zero-order valence-electron chi connectivity index (χ0n) is 21.4. The first-order valence-corrected chi connectivity index (χ1v) is 14.2. The normalized spacial score (nSPS) is 14.3. The van der Waals surface area contributed by atoms with E-state index in [1.807, 2.05) is 54.6 Å². The van der Waals surface area contributed by atoms with Gasteiger partial charge in [-0.3, -0.25) is 4.79 Å². The summed E-state index contributed by atoms with van der Waals surface area (Å²) in [5.74, 6) is -0.0952. The first kappa shape index (κ1) is 26.5. The van der Waals surface area contributed by atoms with Gasteiger partial charge in [0.2, 0.25) is 10.0 Å². The number of nitrogens with zero attached hydrogens (tertiary/aromatic N) is 3. The SMILES string of the molecule is CC(C)c1ccc2c(c1)/C(=N/N(C(N)=S)c1cccc(S(N)(=O)=O)c1)C(=O)N2Cc1ccc2ccccc2c1. The lowest BCUT2D eigenvalue weighted by atomic mass is 9.99. The lowest BCUT2D eigenvalue weighted by Gasteiger charge is -2.19. The van der Waals surface area contributed by atoms with Crippen LogP contribution in [0.1, 0.15) is 36.5 Å². The molecule has 0 aromatic heterocycles. The molecular weight excluding hydrogens is 530 g/mol. The zero-order chi connectivity index (χ0) is 27.9. The molecule has 0 saturated heterocycles. The summed E-state index contributed by atoms with van der Waals surface area (Å²) >= 11 is 5.25. The topological polar surface area (TPSA) is 122 Å². The largest absolute Gasteiger partial charge is 0.374 e. The molecule has 1 heterocycles. The second-order valence-electron chi connectivity index (χ2n) is 9.65. The molecule has 0 atom stereocenters. The molecule has 0 bridgehead atoms. The van der Waals surface area contributed by atoms with Crippen LogP contribution in [0.15, 0.2) is 94.9 Å². The van der Waals surface area contributed by atoms with Crippen LogP contribution in [0.3, 0.4) is 0 Å². The summed E-state index contributed by atoms with van der Waals surface area (Å²) in [7, 11) is -3.98. The molecular formula is C29H27N5O3S2. The summed E-state index contributed by atoms with van der Waals surface area (Å²) < 4.78 is 23.9. The van der Waals surface area contributed by atoms with Crippen molar-refractivity contribution in [2.45, 2.75) is 31.2 Å². The summed E-state index contributed by atoms with van der Waals surface area (Å²) in [5.41, 5.74) is 9.80. The number of hydrogen-bond acceptors (Lipinski definition) is 5. The average Bonchev–Trinajstić information content (AvgIpc) is 3.16. The summed E-state index contributed by atoms with van der Waals surface area (Å²) in [4.78, 5) is 15.5. The van der Waals surface area contributed by atoms with Crippen LogP contribution in [0, 0.1) is 0 Å². The smallest absolute Gasteiger partial charge is 0.279 e. The number of anilines is 2. The number of benzene rings is 4. The van der Waals surface area contributed by atoms with E-state index in [0.717, 1.165) is 27.6 Å². The molecule has 1 aliphatic rings. The number of primary sulfonamides is 1. The first-order chi connectivity index (χ1) is 18.5. The van der Waals surface area contributed by atoms with Crippen LogP contribution in [0.2, 0.25) is 0 Å². The van der Waals surface area contributed by atoms with Crippen molar-refractivity contribution in [3.63, 3.8) is 0 Å². The molecule has 1 aliphatic heterocycles. The number of hydrazone groups is 1.